The van der Waals surface area contributed by atoms with Crippen LogP contribution in [-0.2, 0) is 9.53 Å². The summed E-state index contributed by atoms with van der Waals surface area (Å²) >= 11 is 0. The van der Waals surface area contributed by atoms with Crippen LogP contribution in [0.1, 0.15) is 22.2 Å². The summed E-state index contributed by atoms with van der Waals surface area (Å²) in [6.45, 7) is 0. The first-order chi connectivity index (χ1) is 12.1. The van der Waals surface area contributed by atoms with Crippen LogP contribution in [0.5, 0.6) is 0 Å². The number of carbonyl (C=O) groups excluding carboxylic acids is 2. The Hall–Kier alpha value is -3.41. The molecule has 3 aromatic rings. The van der Waals surface area contributed by atoms with Crippen LogP contribution < -0.4 is 10.7 Å². The maximum Gasteiger partial charge on any atom is 0.333 e. The van der Waals surface area contributed by atoms with Gasteiger partial charge in [-0.1, -0.05) is 42.5 Å². The van der Waals surface area contributed by atoms with Crippen molar-refractivity contribution in [3.05, 3.63) is 82.2 Å². The lowest BCUT2D eigenvalue weighted by Gasteiger charge is -2.16. The number of carbonyl (C=O) groups is 2. The first-order valence-electron chi connectivity index (χ1n) is 7.56. The van der Waals surface area contributed by atoms with E-state index >= 15 is 0 Å². The molecule has 0 fully saturated rings. The molecule has 6 nitrogen and oxygen atoms in total. The van der Waals surface area contributed by atoms with Gasteiger partial charge in [-0.05, 0) is 17.7 Å². The van der Waals surface area contributed by atoms with Crippen LogP contribution >= 0.6 is 0 Å². The Morgan fingerprint density at radius 1 is 1.04 bits per heavy atom. The average Bonchev–Trinajstić information content (AvgIpc) is 2.66. The quantitative estimate of drug-likeness (QED) is 0.739. The summed E-state index contributed by atoms with van der Waals surface area (Å²) in [5.74, 6) is -1.47. The van der Waals surface area contributed by atoms with E-state index in [-0.39, 0.29) is 11.2 Å². The summed E-state index contributed by atoms with van der Waals surface area (Å²) in [4.78, 5) is 36.6. The Morgan fingerprint density at radius 3 is 2.44 bits per heavy atom. The molecular weight excluding hydrogens is 322 g/mol. The molecule has 0 aliphatic heterocycles. The molecule has 1 heterocycles. The van der Waals surface area contributed by atoms with Gasteiger partial charge in [-0.25, -0.2) is 4.79 Å². The topological polar surface area (TPSA) is 85.6 Å². The van der Waals surface area contributed by atoms with Gasteiger partial charge < -0.3 is 14.5 Å². The second-order valence-electron chi connectivity index (χ2n) is 5.31. The zero-order chi connectivity index (χ0) is 17.8. The fourth-order valence-corrected chi connectivity index (χ4v) is 2.46. The van der Waals surface area contributed by atoms with E-state index in [1.165, 1.54) is 7.11 Å². The molecule has 1 aromatic heterocycles. The minimum absolute atomic E-state index is 0.173. The fourth-order valence-electron chi connectivity index (χ4n) is 2.46. The van der Waals surface area contributed by atoms with Crippen molar-refractivity contribution < 1.29 is 18.7 Å². The van der Waals surface area contributed by atoms with Crippen molar-refractivity contribution >= 4 is 22.8 Å². The van der Waals surface area contributed by atoms with E-state index in [1.807, 2.05) is 0 Å². The lowest BCUT2D eigenvalue weighted by molar-refractivity contribution is -0.143. The molecule has 0 saturated carbocycles. The molecule has 0 bridgehead atoms. The molecule has 0 radical (unpaired) electrons. The maximum absolute atomic E-state index is 12.5. The van der Waals surface area contributed by atoms with Gasteiger partial charge in [0.2, 0.25) is 0 Å². The summed E-state index contributed by atoms with van der Waals surface area (Å²) in [7, 11) is 1.24. The third kappa shape index (κ3) is 3.42. The number of hydrogen-bond donors (Lipinski definition) is 1. The van der Waals surface area contributed by atoms with Gasteiger partial charge in [0.05, 0.1) is 12.5 Å². The highest BCUT2D eigenvalue weighted by Gasteiger charge is 2.25. The fraction of sp³-hybridized carbons (Fsp3) is 0.105. The molecule has 0 saturated heterocycles. The number of amides is 1. The van der Waals surface area contributed by atoms with Crippen LogP contribution in [0, 0.1) is 0 Å². The van der Waals surface area contributed by atoms with Crippen LogP contribution in [0.4, 0.5) is 0 Å². The minimum Gasteiger partial charge on any atom is -0.467 e. The zero-order valence-corrected chi connectivity index (χ0v) is 13.4. The van der Waals surface area contributed by atoms with E-state index in [1.54, 1.807) is 54.6 Å². The number of para-hydroxylation sites is 1. The third-order valence-corrected chi connectivity index (χ3v) is 3.70. The van der Waals surface area contributed by atoms with Gasteiger partial charge in [0.1, 0.15) is 5.58 Å². The monoisotopic (exact) mass is 337 g/mol. The highest BCUT2D eigenvalue weighted by atomic mass is 16.5. The van der Waals surface area contributed by atoms with Crippen LogP contribution in [0.3, 0.4) is 0 Å². The van der Waals surface area contributed by atoms with Crippen LogP contribution in [0.15, 0.2) is 69.9 Å². The second kappa shape index (κ2) is 7.00. The number of esters is 1. The Kier molecular flexibility index (Phi) is 4.61. The lowest BCUT2D eigenvalue weighted by Crippen LogP contribution is -2.34. The number of fused-ring (bicyclic) bond motifs is 1. The van der Waals surface area contributed by atoms with E-state index in [0.29, 0.717) is 16.5 Å². The SMILES string of the molecule is COC(=O)[C@@H](NC(=O)c1cc(=O)c2ccccc2o1)c1ccccc1. The van der Waals surface area contributed by atoms with Crippen molar-refractivity contribution in [3.8, 4) is 0 Å². The summed E-state index contributed by atoms with van der Waals surface area (Å²) < 4.78 is 10.2. The van der Waals surface area contributed by atoms with E-state index in [2.05, 4.69) is 5.32 Å². The minimum atomic E-state index is -1.00. The summed E-state index contributed by atoms with van der Waals surface area (Å²) in [6.07, 6.45) is 0. The molecule has 1 N–H and O–H groups in total. The molecule has 3 rings (SSSR count). The molecule has 126 valence electrons. The van der Waals surface area contributed by atoms with Crippen molar-refractivity contribution in [2.24, 2.45) is 0 Å². The summed E-state index contributed by atoms with van der Waals surface area (Å²) in [5.41, 5.74) is 0.529. The molecule has 2 aromatic carbocycles. The molecule has 1 amide bonds. The highest BCUT2D eigenvalue weighted by Crippen LogP contribution is 2.16. The Morgan fingerprint density at radius 2 is 1.72 bits per heavy atom. The first-order valence-corrected chi connectivity index (χ1v) is 7.56. The maximum atomic E-state index is 12.5. The van der Waals surface area contributed by atoms with E-state index in [4.69, 9.17) is 9.15 Å². The van der Waals surface area contributed by atoms with E-state index in [0.717, 1.165) is 6.07 Å². The number of benzene rings is 2. The largest absolute Gasteiger partial charge is 0.467 e. The van der Waals surface area contributed by atoms with E-state index in [9.17, 15) is 14.4 Å². The van der Waals surface area contributed by atoms with Gasteiger partial charge in [-0.3, -0.25) is 9.59 Å². The molecule has 0 aliphatic rings. The Bertz CT molecular complexity index is 978. The van der Waals surface area contributed by atoms with Gasteiger partial charge in [-0.15, -0.1) is 0 Å². The molecule has 25 heavy (non-hydrogen) atoms. The Balaban J connectivity index is 1.94. The smallest absolute Gasteiger partial charge is 0.333 e. The van der Waals surface area contributed by atoms with Crippen LogP contribution in [0.25, 0.3) is 11.0 Å². The molecular formula is C19H15NO5. The normalized spacial score (nSPS) is 11.7. The van der Waals surface area contributed by atoms with Gasteiger partial charge in [0.15, 0.2) is 17.2 Å². The lowest BCUT2D eigenvalue weighted by atomic mass is 10.1. The van der Waals surface area contributed by atoms with Gasteiger partial charge in [0.25, 0.3) is 5.91 Å². The number of hydrogen-bond acceptors (Lipinski definition) is 5. The number of nitrogens with one attached hydrogen (secondary N) is 1. The van der Waals surface area contributed by atoms with Crippen LogP contribution in [-0.4, -0.2) is 19.0 Å². The Labute approximate surface area is 143 Å². The first kappa shape index (κ1) is 16.4. The van der Waals surface area contributed by atoms with E-state index < -0.39 is 17.9 Å². The standard InChI is InChI=1S/C19H15NO5/c1-24-19(23)17(12-7-3-2-4-8-12)20-18(22)16-11-14(21)13-9-5-6-10-15(13)25-16/h2-11,17H,1H3,(H,20,22)/t17-/m0/s1. The zero-order valence-electron chi connectivity index (χ0n) is 13.4. The number of methoxy groups -OCH3 is 1. The molecule has 1 atom stereocenters. The van der Waals surface area contributed by atoms with Crippen molar-refractivity contribution in [2.45, 2.75) is 6.04 Å². The molecule has 0 aliphatic carbocycles. The number of rotatable bonds is 4. The second-order valence-corrected chi connectivity index (χ2v) is 5.31. The highest BCUT2D eigenvalue weighted by molar-refractivity contribution is 5.96. The van der Waals surface area contributed by atoms with Gasteiger partial charge in [0, 0.05) is 6.07 Å². The van der Waals surface area contributed by atoms with Gasteiger partial charge in [-0.2, -0.15) is 0 Å². The number of ether oxygens (including phenoxy) is 1. The predicted molar refractivity (Wildman–Crippen MR) is 91.1 cm³/mol. The third-order valence-electron chi connectivity index (χ3n) is 3.70. The molecule has 0 unspecified atom stereocenters. The average molecular weight is 337 g/mol. The molecule has 6 heteroatoms. The van der Waals surface area contributed by atoms with Crippen molar-refractivity contribution in [1.29, 1.82) is 0 Å². The van der Waals surface area contributed by atoms with Gasteiger partial charge >= 0.3 is 5.97 Å². The summed E-state index contributed by atoms with van der Waals surface area (Å²) in [6, 6.07) is 15.4. The van der Waals surface area contributed by atoms with Crippen LogP contribution in [0.2, 0.25) is 0 Å². The predicted octanol–water partition coefficient (Wildman–Crippen LogP) is 2.44. The van der Waals surface area contributed by atoms with Crippen molar-refractivity contribution in [1.82, 2.24) is 5.32 Å². The van der Waals surface area contributed by atoms with Crippen molar-refractivity contribution in [3.63, 3.8) is 0 Å². The van der Waals surface area contributed by atoms with Crippen molar-refractivity contribution in [2.75, 3.05) is 7.11 Å². The molecule has 0 spiro atoms. The summed E-state index contributed by atoms with van der Waals surface area (Å²) in [5, 5.41) is 2.93.